The number of hydrogen-bond donors (Lipinski definition) is 0. The van der Waals surface area contributed by atoms with E-state index in [1.807, 2.05) is 0 Å². The van der Waals surface area contributed by atoms with Crippen molar-refractivity contribution in [2.45, 2.75) is 181 Å². The molecule has 0 saturated heterocycles. The van der Waals surface area contributed by atoms with E-state index in [4.69, 9.17) is 0 Å². The van der Waals surface area contributed by atoms with Crippen LogP contribution in [0.4, 0.5) is 0 Å². The smallest absolute Gasteiger partial charge is 0.0420 e. The maximum Gasteiger partial charge on any atom is -0.0420 e. The van der Waals surface area contributed by atoms with E-state index in [2.05, 4.69) is 20.8 Å². The predicted molar refractivity (Wildman–Crippen MR) is 136 cm³/mol. The largest absolute Gasteiger partial charge is 0.0654 e. The molecule has 0 amide bonds. The fourth-order valence-corrected chi connectivity index (χ4v) is 4.74. The highest BCUT2D eigenvalue weighted by Gasteiger charge is 2.02. The molecule has 0 heterocycles. The van der Waals surface area contributed by atoms with Gasteiger partial charge in [0.15, 0.2) is 0 Å². The Morgan fingerprint density at radius 1 is 0.310 bits per heavy atom. The quantitative estimate of drug-likeness (QED) is 0.132. The average molecular weight is 409 g/mol. The molecule has 0 atom stereocenters. The lowest BCUT2D eigenvalue weighted by atomic mass is 9.95. The van der Waals surface area contributed by atoms with Crippen LogP contribution in [0.5, 0.6) is 0 Å². The Bertz CT molecular complexity index is 265. The molecule has 0 nitrogen and oxygen atoms in total. The van der Waals surface area contributed by atoms with Crippen LogP contribution in [0, 0.1) is 5.92 Å². The van der Waals surface area contributed by atoms with E-state index in [0.717, 1.165) is 5.92 Å². The molecule has 176 valence electrons. The van der Waals surface area contributed by atoms with Gasteiger partial charge in [0.25, 0.3) is 0 Å². The Morgan fingerprint density at radius 3 is 0.793 bits per heavy atom. The van der Waals surface area contributed by atoms with Gasteiger partial charge in [-0.25, -0.2) is 0 Å². The fourth-order valence-electron chi connectivity index (χ4n) is 4.74. The molecule has 0 bridgehead atoms. The van der Waals surface area contributed by atoms with Gasteiger partial charge in [-0.1, -0.05) is 181 Å². The maximum absolute atomic E-state index is 2.35. The minimum Gasteiger partial charge on any atom is -0.0654 e. The van der Waals surface area contributed by atoms with Crippen LogP contribution in [0.25, 0.3) is 0 Å². The van der Waals surface area contributed by atoms with Crippen LogP contribution in [0.3, 0.4) is 0 Å². The predicted octanol–water partition coefficient (Wildman–Crippen LogP) is 11.4. The highest BCUT2D eigenvalue weighted by Crippen LogP contribution is 2.18. The summed E-state index contributed by atoms with van der Waals surface area (Å²) in [4.78, 5) is 0. The lowest BCUT2D eigenvalue weighted by Gasteiger charge is -2.11. The summed E-state index contributed by atoms with van der Waals surface area (Å²) in [5.74, 6) is 1.00. The zero-order valence-electron chi connectivity index (χ0n) is 21.3. The van der Waals surface area contributed by atoms with E-state index >= 15 is 0 Å². The van der Waals surface area contributed by atoms with Gasteiger partial charge in [-0.15, -0.1) is 0 Å². The van der Waals surface area contributed by atoms with Gasteiger partial charge >= 0.3 is 0 Å². The molecule has 0 aromatic heterocycles. The van der Waals surface area contributed by atoms with Crippen molar-refractivity contribution in [3.63, 3.8) is 0 Å². The Labute approximate surface area is 187 Å². The molecule has 0 saturated carbocycles. The van der Waals surface area contributed by atoms with Gasteiger partial charge in [-0.2, -0.15) is 0 Å². The van der Waals surface area contributed by atoms with E-state index in [0.29, 0.717) is 0 Å². The third-order valence-electron chi connectivity index (χ3n) is 7.12. The second kappa shape index (κ2) is 26.0. The maximum atomic E-state index is 2.35. The van der Waals surface area contributed by atoms with Gasteiger partial charge in [0.05, 0.1) is 0 Å². The molecule has 0 fully saturated rings. The highest BCUT2D eigenvalue weighted by molar-refractivity contribution is 4.56. The van der Waals surface area contributed by atoms with Crippen molar-refractivity contribution in [2.75, 3.05) is 0 Å². The number of rotatable bonds is 25. The van der Waals surface area contributed by atoms with Crippen molar-refractivity contribution in [3.05, 3.63) is 0 Å². The van der Waals surface area contributed by atoms with Crippen molar-refractivity contribution in [3.8, 4) is 0 Å². The summed E-state index contributed by atoms with van der Waals surface area (Å²) in [6.07, 6.45) is 36.8. The minimum absolute atomic E-state index is 1.00. The Hall–Kier alpha value is 0. The molecular weight excluding hydrogens is 348 g/mol. The van der Waals surface area contributed by atoms with E-state index in [9.17, 15) is 0 Å². The zero-order valence-corrected chi connectivity index (χ0v) is 21.3. The van der Waals surface area contributed by atoms with Crippen LogP contribution in [0.2, 0.25) is 0 Å². The summed E-state index contributed by atoms with van der Waals surface area (Å²) >= 11 is 0. The van der Waals surface area contributed by atoms with Crippen LogP contribution in [0.1, 0.15) is 181 Å². The first-order chi connectivity index (χ1) is 14.3. The molecule has 0 aromatic rings. The van der Waals surface area contributed by atoms with Gasteiger partial charge in [0.2, 0.25) is 0 Å². The zero-order chi connectivity index (χ0) is 21.3. The summed E-state index contributed by atoms with van der Waals surface area (Å²) in [5.41, 5.74) is 0. The average Bonchev–Trinajstić information content (AvgIpc) is 2.74. The monoisotopic (exact) mass is 408 g/mol. The first-order valence-electron chi connectivity index (χ1n) is 14.3. The molecular formula is C29H60. The normalized spacial score (nSPS) is 11.6. The van der Waals surface area contributed by atoms with E-state index in [1.165, 1.54) is 161 Å². The third kappa shape index (κ3) is 24.1. The Kier molecular flexibility index (Phi) is 26.0. The van der Waals surface area contributed by atoms with Gasteiger partial charge in [-0.05, 0) is 5.92 Å². The molecule has 0 rings (SSSR count). The molecule has 0 unspecified atom stereocenters. The van der Waals surface area contributed by atoms with E-state index < -0.39 is 0 Å². The second-order valence-electron chi connectivity index (χ2n) is 9.90. The molecule has 0 heteroatoms. The fraction of sp³-hybridized carbons (Fsp3) is 1.00. The van der Waals surface area contributed by atoms with Crippen LogP contribution in [-0.4, -0.2) is 0 Å². The van der Waals surface area contributed by atoms with E-state index in [-0.39, 0.29) is 0 Å². The van der Waals surface area contributed by atoms with Gasteiger partial charge in [0, 0.05) is 0 Å². The first-order valence-corrected chi connectivity index (χ1v) is 14.3. The van der Waals surface area contributed by atoms with Crippen molar-refractivity contribution in [1.29, 1.82) is 0 Å². The van der Waals surface area contributed by atoms with Crippen molar-refractivity contribution in [2.24, 2.45) is 5.92 Å². The van der Waals surface area contributed by atoms with Crippen LogP contribution < -0.4 is 0 Å². The van der Waals surface area contributed by atoms with Gasteiger partial charge < -0.3 is 0 Å². The van der Waals surface area contributed by atoms with Crippen LogP contribution >= 0.6 is 0 Å². The summed E-state index contributed by atoms with van der Waals surface area (Å²) in [6.45, 7) is 7.01. The molecule has 29 heavy (non-hydrogen) atoms. The molecule has 0 spiro atoms. The molecule has 0 aliphatic rings. The Balaban J connectivity index is 3.03. The van der Waals surface area contributed by atoms with Crippen LogP contribution in [-0.2, 0) is 0 Å². The van der Waals surface area contributed by atoms with Gasteiger partial charge in [-0.3, -0.25) is 0 Å². The molecule has 0 aromatic carbocycles. The molecule has 0 aliphatic heterocycles. The lowest BCUT2D eigenvalue weighted by Crippen LogP contribution is -1.96. The van der Waals surface area contributed by atoms with Crippen molar-refractivity contribution < 1.29 is 0 Å². The summed E-state index contributed by atoms with van der Waals surface area (Å²) in [6, 6.07) is 0. The minimum atomic E-state index is 1.00. The molecule has 0 N–H and O–H groups in total. The van der Waals surface area contributed by atoms with Crippen LogP contribution in [0.15, 0.2) is 0 Å². The molecule has 0 radical (unpaired) electrons. The topological polar surface area (TPSA) is 0 Å². The standard InChI is InChI=1S/C29H60/c1-4-7-8-9-10-11-12-13-14-15-16-17-18-19-20-21-22-23-24-25-26-27-28-29(5-2)6-3/h29H,4-28H2,1-3H3. The lowest BCUT2D eigenvalue weighted by molar-refractivity contribution is 0.426. The van der Waals surface area contributed by atoms with Crippen molar-refractivity contribution in [1.82, 2.24) is 0 Å². The summed E-state index contributed by atoms with van der Waals surface area (Å²) < 4.78 is 0. The first kappa shape index (κ1) is 29.0. The summed E-state index contributed by atoms with van der Waals surface area (Å²) in [7, 11) is 0. The Morgan fingerprint density at radius 2 is 0.552 bits per heavy atom. The SMILES string of the molecule is CCCCCCCCCCCCCCCCCCCCCCCCC(CC)CC. The summed E-state index contributed by atoms with van der Waals surface area (Å²) in [5, 5.41) is 0. The van der Waals surface area contributed by atoms with Crippen molar-refractivity contribution >= 4 is 0 Å². The third-order valence-corrected chi connectivity index (χ3v) is 7.12. The second-order valence-corrected chi connectivity index (χ2v) is 9.90. The van der Waals surface area contributed by atoms with E-state index in [1.54, 1.807) is 0 Å². The number of unbranched alkanes of at least 4 members (excludes halogenated alkanes) is 21. The molecule has 0 aliphatic carbocycles. The van der Waals surface area contributed by atoms with Gasteiger partial charge in [0.1, 0.15) is 0 Å². The number of hydrogen-bond acceptors (Lipinski definition) is 0. The highest BCUT2D eigenvalue weighted by atomic mass is 14.1.